The summed E-state index contributed by atoms with van der Waals surface area (Å²) in [7, 11) is 0. The van der Waals surface area contributed by atoms with E-state index in [1.54, 1.807) is 0 Å². The maximum atomic E-state index is 6.03. The largest absolute Gasteiger partial charge is 0.374 e. The third-order valence-corrected chi connectivity index (χ3v) is 5.42. The van der Waals surface area contributed by atoms with Gasteiger partial charge in [0.2, 0.25) is 0 Å². The number of hydrogen-bond acceptors (Lipinski definition) is 4. The van der Waals surface area contributed by atoms with E-state index in [-0.39, 0.29) is 6.10 Å². The monoisotopic (exact) mass is 283 g/mol. The number of hydrazine groups is 1. The van der Waals surface area contributed by atoms with Gasteiger partial charge in [0.15, 0.2) is 0 Å². The lowest BCUT2D eigenvalue weighted by Crippen LogP contribution is -2.58. The fourth-order valence-electron chi connectivity index (χ4n) is 3.89. The van der Waals surface area contributed by atoms with Crippen LogP contribution in [0.1, 0.15) is 52.9 Å². The first-order valence-electron chi connectivity index (χ1n) is 8.47. The van der Waals surface area contributed by atoms with Crippen molar-refractivity contribution < 1.29 is 4.74 Å². The first kappa shape index (κ1) is 16.2. The molecule has 4 heteroatoms. The van der Waals surface area contributed by atoms with Gasteiger partial charge in [0.05, 0.1) is 18.8 Å². The Kier molecular flexibility index (Phi) is 6.27. The molecule has 0 aromatic carbocycles. The molecule has 1 saturated carbocycles. The number of nitrogens with one attached hydrogen (secondary N) is 1. The zero-order valence-electron chi connectivity index (χ0n) is 13.5. The van der Waals surface area contributed by atoms with E-state index in [1.807, 2.05) is 0 Å². The Labute approximate surface area is 124 Å². The summed E-state index contributed by atoms with van der Waals surface area (Å²) in [6.45, 7) is 9.74. The second kappa shape index (κ2) is 7.74. The third-order valence-electron chi connectivity index (χ3n) is 5.42. The van der Waals surface area contributed by atoms with E-state index in [1.165, 1.54) is 32.1 Å². The summed E-state index contributed by atoms with van der Waals surface area (Å²) in [5.41, 5.74) is 3.08. The molecule has 0 bridgehead atoms. The molecule has 20 heavy (non-hydrogen) atoms. The maximum Gasteiger partial charge on any atom is 0.0871 e. The molecule has 1 aliphatic carbocycles. The minimum absolute atomic E-state index is 0.249. The molecule has 2 fully saturated rings. The summed E-state index contributed by atoms with van der Waals surface area (Å²) in [5.74, 6) is 7.49. The topological polar surface area (TPSA) is 50.5 Å². The molecule has 1 aliphatic heterocycles. The van der Waals surface area contributed by atoms with E-state index in [0.29, 0.717) is 18.0 Å². The van der Waals surface area contributed by atoms with Gasteiger partial charge in [-0.05, 0) is 38.5 Å². The second-order valence-electron chi connectivity index (χ2n) is 6.88. The Hall–Kier alpha value is -0.160. The van der Waals surface area contributed by atoms with Gasteiger partial charge in [-0.1, -0.05) is 26.2 Å². The molecular formula is C16H33N3O. The molecule has 1 heterocycles. The number of rotatable bonds is 5. The van der Waals surface area contributed by atoms with Gasteiger partial charge >= 0.3 is 0 Å². The molecular weight excluding hydrogens is 250 g/mol. The van der Waals surface area contributed by atoms with Crippen LogP contribution in [-0.2, 0) is 4.74 Å². The Morgan fingerprint density at radius 2 is 1.95 bits per heavy atom. The highest BCUT2D eigenvalue weighted by Gasteiger charge is 2.35. The van der Waals surface area contributed by atoms with Crippen LogP contribution in [0.5, 0.6) is 0 Å². The van der Waals surface area contributed by atoms with Crippen molar-refractivity contribution >= 4 is 0 Å². The van der Waals surface area contributed by atoms with E-state index in [2.05, 4.69) is 31.1 Å². The molecule has 1 saturated heterocycles. The SMILES string of the molecule is CCC1CCC(C(NN)C2CN(C(C)C)CCO2)CC1. The van der Waals surface area contributed by atoms with Crippen LogP contribution in [0, 0.1) is 11.8 Å². The highest BCUT2D eigenvalue weighted by molar-refractivity contribution is 4.89. The van der Waals surface area contributed by atoms with Crippen LogP contribution in [0.3, 0.4) is 0 Å². The maximum absolute atomic E-state index is 6.03. The molecule has 118 valence electrons. The molecule has 2 aliphatic rings. The number of hydrogen-bond donors (Lipinski definition) is 2. The van der Waals surface area contributed by atoms with E-state index in [0.717, 1.165) is 25.6 Å². The first-order valence-corrected chi connectivity index (χ1v) is 8.47. The summed E-state index contributed by atoms with van der Waals surface area (Å²) in [6.07, 6.45) is 6.90. The predicted octanol–water partition coefficient (Wildman–Crippen LogP) is 2.14. The molecule has 3 N–H and O–H groups in total. The van der Waals surface area contributed by atoms with E-state index in [4.69, 9.17) is 10.6 Å². The van der Waals surface area contributed by atoms with Gasteiger partial charge < -0.3 is 4.74 Å². The van der Waals surface area contributed by atoms with Crippen LogP contribution < -0.4 is 11.3 Å². The number of morpholine rings is 1. The van der Waals surface area contributed by atoms with E-state index >= 15 is 0 Å². The van der Waals surface area contributed by atoms with Crippen LogP contribution in [0.25, 0.3) is 0 Å². The van der Waals surface area contributed by atoms with Gasteiger partial charge in [-0.15, -0.1) is 0 Å². The molecule has 0 radical (unpaired) electrons. The molecule has 2 atom stereocenters. The third kappa shape index (κ3) is 3.94. The first-order chi connectivity index (χ1) is 9.65. The van der Waals surface area contributed by atoms with Gasteiger partial charge in [-0.3, -0.25) is 16.2 Å². The Morgan fingerprint density at radius 3 is 2.50 bits per heavy atom. The molecule has 2 unspecified atom stereocenters. The average molecular weight is 283 g/mol. The number of nitrogens with two attached hydrogens (primary N) is 1. The summed E-state index contributed by atoms with van der Waals surface area (Å²) in [4.78, 5) is 2.51. The summed E-state index contributed by atoms with van der Waals surface area (Å²) in [6, 6.07) is 0.907. The Morgan fingerprint density at radius 1 is 1.25 bits per heavy atom. The van der Waals surface area contributed by atoms with Crippen LogP contribution >= 0.6 is 0 Å². The van der Waals surface area contributed by atoms with Crippen LogP contribution in [-0.4, -0.2) is 42.8 Å². The van der Waals surface area contributed by atoms with Gasteiger partial charge in [0, 0.05) is 19.1 Å². The van der Waals surface area contributed by atoms with Crippen LogP contribution in [0.4, 0.5) is 0 Å². The fraction of sp³-hybridized carbons (Fsp3) is 1.00. The van der Waals surface area contributed by atoms with Crippen molar-refractivity contribution in [2.45, 2.75) is 71.1 Å². The van der Waals surface area contributed by atoms with Gasteiger partial charge in [0.1, 0.15) is 0 Å². The van der Waals surface area contributed by atoms with E-state index in [9.17, 15) is 0 Å². The lowest BCUT2D eigenvalue weighted by Gasteiger charge is -2.42. The van der Waals surface area contributed by atoms with Gasteiger partial charge in [-0.25, -0.2) is 0 Å². The summed E-state index contributed by atoms with van der Waals surface area (Å²) >= 11 is 0. The molecule has 4 nitrogen and oxygen atoms in total. The quantitative estimate of drug-likeness (QED) is 0.599. The molecule has 0 amide bonds. The summed E-state index contributed by atoms with van der Waals surface area (Å²) in [5, 5.41) is 0. The molecule has 0 aromatic heterocycles. The highest BCUT2D eigenvalue weighted by atomic mass is 16.5. The fourth-order valence-corrected chi connectivity index (χ4v) is 3.89. The second-order valence-corrected chi connectivity index (χ2v) is 6.88. The standard InChI is InChI=1S/C16H33N3O/c1-4-13-5-7-14(8-6-13)16(18-17)15-11-19(12(2)3)9-10-20-15/h12-16,18H,4-11,17H2,1-3H3. The van der Waals surface area contributed by atoms with Crippen molar-refractivity contribution in [3.63, 3.8) is 0 Å². The predicted molar refractivity (Wildman–Crippen MR) is 83.3 cm³/mol. The van der Waals surface area contributed by atoms with Crippen molar-refractivity contribution in [2.75, 3.05) is 19.7 Å². The molecule has 0 spiro atoms. The number of ether oxygens (including phenoxy) is 1. The zero-order chi connectivity index (χ0) is 14.5. The van der Waals surface area contributed by atoms with E-state index < -0.39 is 0 Å². The lowest BCUT2D eigenvalue weighted by molar-refractivity contribution is -0.0684. The van der Waals surface area contributed by atoms with Crippen molar-refractivity contribution in [2.24, 2.45) is 17.7 Å². The molecule has 2 rings (SSSR count). The average Bonchev–Trinajstić information content (AvgIpc) is 2.49. The lowest BCUT2D eigenvalue weighted by atomic mass is 9.76. The minimum atomic E-state index is 0.249. The Balaban J connectivity index is 1.90. The smallest absolute Gasteiger partial charge is 0.0871 e. The van der Waals surface area contributed by atoms with Crippen molar-refractivity contribution in [1.29, 1.82) is 0 Å². The van der Waals surface area contributed by atoms with Crippen LogP contribution in [0.15, 0.2) is 0 Å². The van der Waals surface area contributed by atoms with Crippen molar-refractivity contribution in [1.82, 2.24) is 10.3 Å². The van der Waals surface area contributed by atoms with Crippen molar-refractivity contribution in [3.8, 4) is 0 Å². The minimum Gasteiger partial charge on any atom is -0.374 e. The number of nitrogens with zero attached hydrogens (tertiary/aromatic N) is 1. The van der Waals surface area contributed by atoms with Gasteiger partial charge in [0.25, 0.3) is 0 Å². The highest BCUT2D eigenvalue weighted by Crippen LogP contribution is 2.34. The molecule has 0 aromatic rings. The van der Waals surface area contributed by atoms with Crippen LogP contribution in [0.2, 0.25) is 0 Å². The van der Waals surface area contributed by atoms with Crippen molar-refractivity contribution in [3.05, 3.63) is 0 Å². The Bertz CT molecular complexity index is 277. The normalized spacial score (nSPS) is 34.4. The zero-order valence-corrected chi connectivity index (χ0v) is 13.5. The van der Waals surface area contributed by atoms with Gasteiger partial charge in [-0.2, -0.15) is 0 Å². The summed E-state index contributed by atoms with van der Waals surface area (Å²) < 4.78 is 6.03.